The van der Waals surface area contributed by atoms with Crippen molar-refractivity contribution in [3.05, 3.63) is 53.9 Å². The average molecular weight is 414 g/mol. The van der Waals surface area contributed by atoms with E-state index in [1.807, 2.05) is 6.92 Å². The molecule has 8 nitrogen and oxygen atoms in total. The van der Waals surface area contributed by atoms with Crippen molar-refractivity contribution in [3.63, 3.8) is 0 Å². The Labute approximate surface area is 169 Å². The van der Waals surface area contributed by atoms with Crippen molar-refractivity contribution < 1.29 is 17.9 Å². The SMILES string of the molecule is C=C[C@H](C)[C@@H]1COc2c(cn(C)c2C(=O)Nc2ccc(C)c(C#N)c2)S(=O)(=O)N1. The van der Waals surface area contributed by atoms with E-state index >= 15 is 0 Å². The molecule has 0 bridgehead atoms. The van der Waals surface area contributed by atoms with Gasteiger partial charge in [0.2, 0.25) is 10.0 Å². The van der Waals surface area contributed by atoms with E-state index in [4.69, 9.17) is 4.74 Å². The number of benzene rings is 1. The Bertz CT molecular complexity index is 1130. The summed E-state index contributed by atoms with van der Waals surface area (Å²) in [6, 6.07) is 6.54. The molecule has 0 unspecified atom stereocenters. The molecule has 1 amide bonds. The Morgan fingerprint density at radius 3 is 2.90 bits per heavy atom. The van der Waals surface area contributed by atoms with Crippen LogP contribution in [0.2, 0.25) is 0 Å². The summed E-state index contributed by atoms with van der Waals surface area (Å²) in [4.78, 5) is 12.8. The second kappa shape index (κ2) is 7.73. The Hall–Kier alpha value is -3.09. The molecule has 0 saturated carbocycles. The molecule has 0 aliphatic carbocycles. The molecule has 3 rings (SSSR count). The van der Waals surface area contributed by atoms with Gasteiger partial charge >= 0.3 is 0 Å². The monoisotopic (exact) mass is 414 g/mol. The van der Waals surface area contributed by atoms with E-state index in [0.29, 0.717) is 11.3 Å². The molecule has 1 aromatic heterocycles. The number of fused-ring (bicyclic) bond motifs is 1. The number of nitrogens with one attached hydrogen (secondary N) is 2. The first-order valence-electron chi connectivity index (χ1n) is 8.97. The predicted molar refractivity (Wildman–Crippen MR) is 108 cm³/mol. The second-order valence-corrected chi connectivity index (χ2v) is 8.69. The van der Waals surface area contributed by atoms with E-state index in [9.17, 15) is 18.5 Å². The highest BCUT2D eigenvalue weighted by Crippen LogP contribution is 2.33. The fourth-order valence-electron chi connectivity index (χ4n) is 3.07. The molecule has 2 N–H and O–H groups in total. The zero-order valence-corrected chi connectivity index (χ0v) is 17.2. The van der Waals surface area contributed by atoms with Crippen molar-refractivity contribution in [3.8, 4) is 11.8 Å². The first-order valence-corrected chi connectivity index (χ1v) is 10.5. The van der Waals surface area contributed by atoms with E-state index < -0.39 is 22.0 Å². The van der Waals surface area contributed by atoms with Crippen molar-refractivity contribution in [2.24, 2.45) is 13.0 Å². The summed E-state index contributed by atoms with van der Waals surface area (Å²) < 4.78 is 35.4. The standard InChI is InChI=1S/C20H22N4O4S/c1-5-12(2)16-11-28-19-17(29(26,27)23-16)10-24(4)18(19)20(25)22-15-7-6-13(3)14(8-15)9-21/h5-8,10,12,16,23H,1,11H2,2-4H3,(H,22,25)/t12-,16-/m0/s1. The highest BCUT2D eigenvalue weighted by atomic mass is 32.2. The first-order chi connectivity index (χ1) is 13.7. The quantitative estimate of drug-likeness (QED) is 0.746. The lowest BCUT2D eigenvalue weighted by Gasteiger charge is -2.19. The minimum Gasteiger partial charge on any atom is -0.488 e. The van der Waals surface area contributed by atoms with Gasteiger partial charge in [-0.15, -0.1) is 6.58 Å². The van der Waals surface area contributed by atoms with E-state index in [1.165, 1.54) is 10.8 Å². The molecule has 0 spiro atoms. The third kappa shape index (κ3) is 3.90. The zero-order chi connectivity index (χ0) is 21.3. The molecule has 9 heteroatoms. The molecule has 152 valence electrons. The van der Waals surface area contributed by atoms with Gasteiger partial charge < -0.3 is 14.6 Å². The maximum absolute atomic E-state index is 12.9. The topological polar surface area (TPSA) is 113 Å². The van der Waals surface area contributed by atoms with Gasteiger partial charge in [-0.05, 0) is 30.5 Å². The number of aryl methyl sites for hydroxylation is 2. The van der Waals surface area contributed by atoms with Crippen LogP contribution in [0.3, 0.4) is 0 Å². The Kier molecular flexibility index (Phi) is 5.50. The van der Waals surface area contributed by atoms with Crippen LogP contribution in [0.4, 0.5) is 5.69 Å². The van der Waals surface area contributed by atoms with Crippen molar-refractivity contribution >= 4 is 21.6 Å². The minimum atomic E-state index is -3.87. The highest BCUT2D eigenvalue weighted by molar-refractivity contribution is 7.89. The van der Waals surface area contributed by atoms with Gasteiger partial charge in [0.25, 0.3) is 5.91 Å². The zero-order valence-electron chi connectivity index (χ0n) is 16.4. The Balaban J connectivity index is 1.97. The molecule has 0 saturated heterocycles. The summed E-state index contributed by atoms with van der Waals surface area (Å²) in [5.41, 5.74) is 1.75. The number of ether oxygens (including phenoxy) is 1. The van der Waals surface area contributed by atoms with Crippen LogP contribution < -0.4 is 14.8 Å². The van der Waals surface area contributed by atoms with Gasteiger partial charge in [0.1, 0.15) is 11.5 Å². The number of carbonyl (C=O) groups is 1. The maximum atomic E-state index is 12.9. The molecule has 2 atom stereocenters. The van der Waals surface area contributed by atoms with Gasteiger partial charge in [0, 0.05) is 18.9 Å². The van der Waals surface area contributed by atoms with Crippen LogP contribution in [-0.2, 0) is 17.1 Å². The molecule has 29 heavy (non-hydrogen) atoms. The van der Waals surface area contributed by atoms with Gasteiger partial charge in [-0.25, -0.2) is 13.1 Å². The first kappa shape index (κ1) is 20.6. The number of nitrogens with zero attached hydrogens (tertiary/aromatic N) is 2. The second-order valence-electron chi connectivity index (χ2n) is 7.01. The van der Waals surface area contributed by atoms with Gasteiger partial charge in [0.05, 0.1) is 17.7 Å². The largest absolute Gasteiger partial charge is 0.488 e. The predicted octanol–water partition coefficient (Wildman–Crippen LogP) is 2.32. The molecule has 1 aromatic carbocycles. The number of rotatable bonds is 4. The lowest BCUT2D eigenvalue weighted by Crippen LogP contribution is -2.41. The fourth-order valence-corrected chi connectivity index (χ4v) is 4.58. The van der Waals surface area contributed by atoms with E-state index in [-0.39, 0.29) is 28.9 Å². The molecule has 0 radical (unpaired) electrons. The molecule has 1 aliphatic rings. The number of anilines is 1. The van der Waals surface area contributed by atoms with Crippen molar-refractivity contribution in [1.82, 2.24) is 9.29 Å². The molecule has 2 aromatic rings. The van der Waals surface area contributed by atoms with Crippen molar-refractivity contribution in [1.29, 1.82) is 5.26 Å². The number of sulfonamides is 1. The van der Waals surface area contributed by atoms with Crippen LogP contribution in [0.1, 0.15) is 28.5 Å². The van der Waals surface area contributed by atoms with Crippen LogP contribution in [-0.4, -0.2) is 31.5 Å². The van der Waals surface area contributed by atoms with E-state index in [0.717, 1.165) is 5.56 Å². The summed E-state index contributed by atoms with van der Waals surface area (Å²) >= 11 is 0. The van der Waals surface area contributed by atoms with Crippen LogP contribution in [0, 0.1) is 24.2 Å². The van der Waals surface area contributed by atoms with Gasteiger partial charge in [-0.2, -0.15) is 5.26 Å². The van der Waals surface area contributed by atoms with Crippen LogP contribution >= 0.6 is 0 Å². The summed E-state index contributed by atoms with van der Waals surface area (Å²) in [5.74, 6) is -0.687. The van der Waals surface area contributed by atoms with Crippen LogP contribution in [0.15, 0.2) is 41.9 Å². The average Bonchev–Trinajstić information content (AvgIpc) is 2.96. The molecule has 1 aliphatic heterocycles. The fraction of sp³-hybridized carbons (Fsp3) is 0.300. The molecule has 0 fully saturated rings. The number of hydrogen-bond acceptors (Lipinski definition) is 5. The molecular formula is C20H22N4O4S. The molecular weight excluding hydrogens is 392 g/mol. The van der Waals surface area contributed by atoms with E-state index in [2.05, 4.69) is 22.7 Å². The highest BCUT2D eigenvalue weighted by Gasteiger charge is 2.35. The third-order valence-electron chi connectivity index (χ3n) is 4.94. The summed E-state index contributed by atoms with van der Waals surface area (Å²) in [7, 11) is -2.30. The van der Waals surface area contributed by atoms with Crippen LogP contribution in [0.5, 0.6) is 5.75 Å². The number of amides is 1. The minimum absolute atomic E-state index is 0.00359. The Morgan fingerprint density at radius 2 is 2.24 bits per heavy atom. The summed E-state index contributed by atoms with van der Waals surface area (Å²) in [6.07, 6.45) is 2.99. The lowest BCUT2D eigenvalue weighted by atomic mass is 10.0. The van der Waals surface area contributed by atoms with Crippen LogP contribution in [0.25, 0.3) is 0 Å². The van der Waals surface area contributed by atoms with Crippen molar-refractivity contribution in [2.75, 3.05) is 11.9 Å². The third-order valence-corrected chi connectivity index (χ3v) is 6.43. The maximum Gasteiger partial charge on any atom is 0.276 e. The normalized spacial score (nSPS) is 18.5. The van der Waals surface area contributed by atoms with E-state index in [1.54, 1.807) is 38.2 Å². The lowest BCUT2D eigenvalue weighted by molar-refractivity contribution is 0.101. The van der Waals surface area contributed by atoms with Gasteiger partial charge in [-0.3, -0.25) is 4.79 Å². The van der Waals surface area contributed by atoms with Crippen molar-refractivity contribution in [2.45, 2.75) is 24.8 Å². The number of carbonyl (C=O) groups excluding carboxylic acids is 1. The summed E-state index contributed by atoms with van der Waals surface area (Å²) in [5, 5.41) is 11.9. The smallest absolute Gasteiger partial charge is 0.276 e. The number of aromatic nitrogens is 1. The van der Waals surface area contributed by atoms with Gasteiger partial charge in [-0.1, -0.05) is 19.1 Å². The summed E-state index contributed by atoms with van der Waals surface area (Å²) in [6.45, 7) is 7.39. The Morgan fingerprint density at radius 1 is 1.52 bits per heavy atom. The molecule has 2 heterocycles. The number of hydrogen-bond donors (Lipinski definition) is 2. The number of nitriles is 1. The van der Waals surface area contributed by atoms with Gasteiger partial charge in [0.15, 0.2) is 11.4 Å².